The molecule has 1 heterocycles. The largest absolute Gasteiger partial charge is 0.534 e. The molecule has 2 rings (SSSR count). The van der Waals surface area contributed by atoms with Gasteiger partial charge in [-0.25, -0.2) is 4.79 Å². The van der Waals surface area contributed by atoms with E-state index >= 15 is 0 Å². The van der Waals surface area contributed by atoms with Gasteiger partial charge in [-0.15, -0.1) is 0 Å². The molecule has 6 nitrogen and oxygen atoms in total. The van der Waals surface area contributed by atoms with Crippen LogP contribution in [0.5, 0.6) is 11.5 Å². The first kappa shape index (κ1) is 16.7. The van der Waals surface area contributed by atoms with Crippen molar-refractivity contribution >= 4 is 16.1 Å². The summed E-state index contributed by atoms with van der Waals surface area (Å²) in [4.78, 5) is 15.5. The number of pyridine rings is 1. The number of ether oxygens (including phenoxy) is 1. The molecule has 0 aliphatic heterocycles. The lowest BCUT2D eigenvalue weighted by Gasteiger charge is -2.12. The predicted octanol–water partition coefficient (Wildman–Crippen LogP) is 2.53. The molecule has 0 saturated heterocycles. The summed E-state index contributed by atoms with van der Waals surface area (Å²) in [6.45, 7) is 0. The van der Waals surface area contributed by atoms with E-state index in [0.29, 0.717) is 0 Å². The van der Waals surface area contributed by atoms with E-state index in [0.717, 1.165) is 18.5 Å². The fraction of sp³-hybridized carbons (Fsp3) is 0.0769. The first-order chi connectivity index (χ1) is 10.7. The van der Waals surface area contributed by atoms with Gasteiger partial charge in [-0.2, -0.15) is 21.6 Å². The van der Waals surface area contributed by atoms with E-state index in [4.69, 9.17) is 4.74 Å². The molecule has 0 unspecified atom stereocenters. The fourth-order valence-electron chi connectivity index (χ4n) is 1.42. The van der Waals surface area contributed by atoms with Crippen LogP contribution < -0.4 is 8.92 Å². The van der Waals surface area contributed by atoms with E-state index in [2.05, 4.69) is 9.17 Å². The Morgan fingerprint density at radius 2 is 1.74 bits per heavy atom. The number of hydrogen-bond donors (Lipinski definition) is 0. The number of benzene rings is 1. The molecule has 1 aromatic carbocycles. The maximum atomic E-state index is 12.4. The summed E-state index contributed by atoms with van der Waals surface area (Å²) in [6.07, 6.45) is 1.81. The van der Waals surface area contributed by atoms with Gasteiger partial charge in [0.15, 0.2) is 5.75 Å². The average Bonchev–Trinajstić information content (AvgIpc) is 2.47. The normalized spacial score (nSPS) is 11.8. The molecule has 122 valence electrons. The zero-order valence-electron chi connectivity index (χ0n) is 11.1. The minimum absolute atomic E-state index is 0.117. The molecule has 0 amide bonds. The van der Waals surface area contributed by atoms with Crippen molar-refractivity contribution in [2.45, 2.75) is 5.51 Å². The minimum atomic E-state index is -5.92. The summed E-state index contributed by atoms with van der Waals surface area (Å²) < 4.78 is 68.0. The van der Waals surface area contributed by atoms with E-state index in [1.165, 1.54) is 12.1 Å². The third-order valence-corrected chi connectivity index (χ3v) is 3.40. The van der Waals surface area contributed by atoms with E-state index in [9.17, 15) is 26.4 Å². The van der Waals surface area contributed by atoms with Crippen LogP contribution in [-0.4, -0.2) is 24.9 Å². The van der Waals surface area contributed by atoms with E-state index in [1.54, 1.807) is 18.2 Å². The number of halogens is 3. The number of hydrogen-bond acceptors (Lipinski definition) is 6. The Balaban J connectivity index is 2.29. The second kappa shape index (κ2) is 6.24. The third-order valence-electron chi connectivity index (χ3n) is 2.44. The smallest absolute Gasteiger partial charge is 0.423 e. The molecular weight excluding hydrogens is 339 g/mol. The maximum Gasteiger partial charge on any atom is 0.534 e. The number of alkyl halides is 3. The van der Waals surface area contributed by atoms with Crippen LogP contribution in [-0.2, 0) is 10.1 Å². The Morgan fingerprint density at radius 3 is 2.35 bits per heavy atom. The predicted molar refractivity (Wildman–Crippen MR) is 71.2 cm³/mol. The zero-order chi connectivity index (χ0) is 17.1. The highest BCUT2D eigenvalue weighted by atomic mass is 32.2. The standard InChI is InChI=1S/C13H8F3NO5S/c14-13(15,16)23(19,20)22-11-6-7-17-8-10(11)12(18)21-9-4-2-1-3-5-9/h1-8H. The van der Waals surface area contributed by atoms with Crippen molar-refractivity contribution in [3.8, 4) is 11.5 Å². The van der Waals surface area contributed by atoms with Gasteiger partial charge in [-0.3, -0.25) is 4.98 Å². The molecule has 0 radical (unpaired) electrons. The highest BCUT2D eigenvalue weighted by Gasteiger charge is 2.49. The van der Waals surface area contributed by atoms with Crippen LogP contribution in [0.4, 0.5) is 13.2 Å². The van der Waals surface area contributed by atoms with Gasteiger partial charge in [0.2, 0.25) is 0 Å². The Morgan fingerprint density at radius 1 is 1.09 bits per heavy atom. The van der Waals surface area contributed by atoms with Crippen LogP contribution in [0.15, 0.2) is 48.8 Å². The number of rotatable bonds is 4. The first-order valence-electron chi connectivity index (χ1n) is 5.93. The van der Waals surface area contributed by atoms with Gasteiger partial charge < -0.3 is 8.92 Å². The van der Waals surface area contributed by atoms with Crippen molar-refractivity contribution in [1.82, 2.24) is 4.98 Å². The molecule has 1 aromatic heterocycles. The summed E-state index contributed by atoms with van der Waals surface area (Å²) in [7, 11) is -5.92. The highest BCUT2D eigenvalue weighted by molar-refractivity contribution is 7.88. The molecule has 0 fully saturated rings. The SMILES string of the molecule is O=C(Oc1ccccc1)c1cnccc1OS(=O)(=O)C(F)(F)F. The van der Waals surface area contributed by atoms with Crippen molar-refractivity contribution in [2.24, 2.45) is 0 Å². The van der Waals surface area contributed by atoms with Crippen molar-refractivity contribution in [2.75, 3.05) is 0 Å². The molecule has 0 spiro atoms. The highest BCUT2D eigenvalue weighted by Crippen LogP contribution is 2.29. The third kappa shape index (κ3) is 3.97. The van der Waals surface area contributed by atoms with Crippen LogP contribution in [0.2, 0.25) is 0 Å². The molecule has 0 N–H and O–H groups in total. The Bertz CT molecular complexity index is 806. The van der Waals surface area contributed by atoms with Crippen LogP contribution in [0, 0.1) is 0 Å². The second-order valence-electron chi connectivity index (χ2n) is 4.06. The van der Waals surface area contributed by atoms with E-state index in [1.807, 2.05) is 0 Å². The number of aromatic nitrogens is 1. The quantitative estimate of drug-likeness (QED) is 0.366. The van der Waals surface area contributed by atoms with Gasteiger partial charge in [-0.1, -0.05) is 18.2 Å². The molecule has 2 aromatic rings. The molecule has 0 bridgehead atoms. The topological polar surface area (TPSA) is 82.6 Å². The number of para-hydroxylation sites is 1. The molecular formula is C13H8F3NO5S. The molecule has 10 heteroatoms. The number of esters is 1. The lowest BCUT2D eigenvalue weighted by atomic mass is 10.2. The van der Waals surface area contributed by atoms with E-state index < -0.39 is 32.9 Å². The van der Waals surface area contributed by atoms with Gasteiger partial charge in [0, 0.05) is 18.5 Å². The summed E-state index contributed by atoms with van der Waals surface area (Å²) in [5.74, 6) is -1.83. The lowest BCUT2D eigenvalue weighted by Crippen LogP contribution is -2.28. The van der Waals surface area contributed by atoms with Gasteiger partial charge in [0.1, 0.15) is 11.3 Å². The van der Waals surface area contributed by atoms with Gasteiger partial charge in [0.25, 0.3) is 0 Å². The van der Waals surface area contributed by atoms with Crippen LogP contribution in [0.3, 0.4) is 0 Å². The second-order valence-corrected chi connectivity index (χ2v) is 5.60. The number of carbonyl (C=O) groups excluding carboxylic acids is 1. The lowest BCUT2D eigenvalue weighted by molar-refractivity contribution is -0.0500. The Kier molecular flexibility index (Phi) is 4.55. The number of nitrogens with zero attached hydrogens (tertiary/aromatic N) is 1. The zero-order valence-corrected chi connectivity index (χ0v) is 12.0. The van der Waals surface area contributed by atoms with Gasteiger partial charge >= 0.3 is 21.6 Å². The van der Waals surface area contributed by atoms with E-state index in [-0.39, 0.29) is 5.75 Å². The minimum Gasteiger partial charge on any atom is -0.423 e. The van der Waals surface area contributed by atoms with Gasteiger partial charge in [0.05, 0.1) is 0 Å². The Hall–Kier alpha value is -2.62. The average molecular weight is 347 g/mol. The van der Waals surface area contributed by atoms with Crippen LogP contribution in [0.1, 0.15) is 10.4 Å². The van der Waals surface area contributed by atoms with Crippen LogP contribution >= 0.6 is 0 Å². The maximum absolute atomic E-state index is 12.4. The van der Waals surface area contributed by atoms with Crippen molar-refractivity contribution < 1.29 is 35.3 Å². The first-order valence-corrected chi connectivity index (χ1v) is 7.33. The fourth-order valence-corrected chi connectivity index (χ4v) is 1.90. The summed E-state index contributed by atoms with van der Waals surface area (Å²) in [5, 5.41) is 0. The summed E-state index contributed by atoms with van der Waals surface area (Å²) in [6, 6.07) is 8.47. The van der Waals surface area contributed by atoms with Gasteiger partial charge in [-0.05, 0) is 12.1 Å². The molecule has 0 aliphatic carbocycles. The van der Waals surface area contributed by atoms with Crippen molar-refractivity contribution in [3.05, 3.63) is 54.4 Å². The molecule has 0 atom stereocenters. The van der Waals surface area contributed by atoms with Crippen molar-refractivity contribution in [3.63, 3.8) is 0 Å². The molecule has 0 saturated carbocycles. The van der Waals surface area contributed by atoms with Crippen LogP contribution in [0.25, 0.3) is 0 Å². The Labute approximate surface area is 128 Å². The van der Waals surface area contributed by atoms with Crippen molar-refractivity contribution in [1.29, 1.82) is 0 Å². The monoisotopic (exact) mass is 347 g/mol. The molecule has 23 heavy (non-hydrogen) atoms. The molecule has 0 aliphatic rings. The summed E-state index contributed by atoms with van der Waals surface area (Å²) >= 11 is 0. The summed E-state index contributed by atoms with van der Waals surface area (Å²) in [5.41, 5.74) is -6.19. The number of carbonyl (C=O) groups is 1.